The fourth-order valence-electron chi connectivity index (χ4n) is 1.95. The lowest BCUT2D eigenvalue weighted by atomic mass is 10.1. The minimum Gasteiger partial charge on any atom is -0.455 e. The highest BCUT2D eigenvalue weighted by Crippen LogP contribution is 2.30. The lowest BCUT2D eigenvalue weighted by molar-refractivity contribution is -0.384. The van der Waals surface area contributed by atoms with Crippen LogP contribution >= 0.6 is 11.6 Å². The van der Waals surface area contributed by atoms with E-state index in [2.05, 4.69) is 25.5 Å². The average molecular weight is 377 g/mol. The largest absolute Gasteiger partial charge is 0.455 e. The van der Waals surface area contributed by atoms with E-state index in [0.717, 1.165) is 0 Å². The second-order valence-corrected chi connectivity index (χ2v) is 5.23. The Balaban J connectivity index is 1.70. The van der Waals surface area contributed by atoms with Gasteiger partial charge in [0.05, 0.1) is 11.1 Å². The molecule has 0 saturated carbocycles. The number of nitrogens with one attached hydrogen (secondary N) is 1. The van der Waals surface area contributed by atoms with E-state index in [1.807, 2.05) is 0 Å². The molecule has 0 radical (unpaired) electrons. The van der Waals surface area contributed by atoms with Crippen LogP contribution in [0.2, 0.25) is 5.02 Å². The van der Waals surface area contributed by atoms with Gasteiger partial charge in [-0.3, -0.25) is 14.9 Å². The molecule has 1 amide bonds. The molecule has 3 rings (SSSR count). The number of nitrogens with zero attached hydrogens (tertiary/aromatic N) is 4. The van der Waals surface area contributed by atoms with Crippen molar-refractivity contribution < 1.29 is 18.8 Å². The number of rotatable bonds is 5. The number of amides is 1. The van der Waals surface area contributed by atoms with Crippen molar-refractivity contribution in [2.24, 2.45) is 5.10 Å². The first-order valence-electron chi connectivity index (χ1n) is 6.91. The van der Waals surface area contributed by atoms with Crippen LogP contribution in [0.4, 0.5) is 11.5 Å². The Labute approximate surface area is 149 Å². The fourth-order valence-corrected chi connectivity index (χ4v) is 2.20. The van der Waals surface area contributed by atoms with Gasteiger partial charge >= 0.3 is 0 Å². The number of carbonyl (C=O) groups is 1. The van der Waals surface area contributed by atoms with E-state index in [1.54, 1.807) is 12.1 Å². The Morgan fingerprint density at radius 2 is 2.15 bits per heavy atom. The van der Waals surface area contributed by atoms with E-state index in [0.29, 0.717) is 17.1 Å². The van der Waals surface area contributed by atoms with Crippen LogP contribution in [0.25, 0.3) is 11.3 Å². The second-order valence-electron chi connectivity index (χ2n) is 4.82. The van der Waals surface area contributed by atoms with Gasteiger partial charge in [0, 0.05) is 11.6 Å². The van der Waals surface area contributed by atoms with Crippen LogP contribution < -0.4 is 11.2 Å². The quantitative estimate of drug-likeness (QED) is 0.389. The number of hydrogen-bond donors (Lipinski definition) is 2. The number of aromatic nitrogens is 2. The van der Waals surface area contributed by atoms with Gasteiger partial charge in [-0.2, -0.15) is 5.10 Å². The number of furan rings is 1. The molecule has 12 heteroatoms. The third-order valence-electron chi connectivity index (χ3n) is 3.14. The highest BCUT2D eigenvalue weighted by Gasteiger charge is 2.16. The predicted octanol–water partition coefficient (Wildman–Crippen LogP) is 2.24. The van der Waals surface area contributed by atoms with Crippen molar-refractivity contribution in [2.45, 2.75) is 0 Å². The van der Waals surface area contributed by atoms with Crippen molar-refractivity contribution in [1.29, 1.82) is 0 Å². The molecular weight excluding hydrogens is 368 g/mol. The Bertz CT molecular complexity index is 1010. The highest BCUT2D eigenvalue weighted by atomic mass is 35.5. The smallest absolute Gasteiger partial charge is 0.297 e. The van der Waals surface area contributed by atoms with Gasteiger partial charge in [-0.15, -0.1) is 0 Å². The van der Waals surface area contributed by atoms with Crippen molar-refractivity contribution in [3.63, 3.8) is 0 Å². The van der Waals surface area contributed by atoms with E-state index < -0.39 is 10.8 Å². The number of benzene rings is 1. The van der Waals surface area contributed by atoms with E-state index in [9.17, 15) is 14.9 Å². The van der Waals surface area contributed by atoms with Gasteiger partial charge in [-0.05, 0) is 34.6 Å². The molecule has 0 aliphatic heterocycles. The predicted molar refractivity (Wildman–Crippen MR) is 89.6 cm³/mol. The first-order chi connectivity index (χ1) is 12.5. The Hall–Kier alpha value is -3.73. The lowest BCUT2D eigenvalue weighted by Gasteiger charge is -1.99. The molecule has 3 N–H and O–H groups in total. The van der Waals surface area contributed by atoms with Crippen LogP contribution in [-0.4, -0.2) is 27.4 Å². The number of nitrogens with two attached hydrogens (primary N) is 1. The van der Waals surface area contributed by atoms with Crippen molar-refractivity contribution in [3.8, 4) is 11.3 Å². The van der Waals surface area contributed by atoms with Crippen molar-refractivity contribution in [3.05, 3.63) is 56.9 Å². The number of hydrogen-bond acceptors (Lipinski definition) is 9. The average Bonchev–Trinajstić information content (AvgIpc) is 3.23. The summed E-state index contributed by atoms with van der Waals surface area (Å²) in [7, 11) is 0. The van der Waals surface area contributed by atoms with Crippen LogP contribution in [0.15, 0.2) is 44.5 Å². The van der Waals surface area contributed by atoms with Gasteiger partial charge in [0.2, 0.25) is 11.5 Å². The maximum absolute atomic E-state index is 11.7. The molecule has 0 aliphatic carbocycles. The summed E-state index contributed by atoms with van der Waals surface area (Å²) in [6.07, 6.45) is 1.25. The van der Waals surface area contributed by atoms with Crippen molar-refractivity contribution in [2.75, 3.05) is 5.73 Å². The maximum Gasteiger partial charge on any atom is 0.297 e. The molecule has 0 bridgehead atoms. The Morgan fingerprint density at radius 3 is 2.81 bits per heavy atom. The number of anilines is 1. The molecule has 3 aromatic rings. The van der Waals surface area contributed by atoms with E-state index >= 15 is 0 Å². The zero-order chi connectivity index (χ0) is 18.7. The maximum atomic E-state index is 11.7. The molecule has 1 aromatic carbocycles. The molecule has 26 heavy (non-hydrogen) atoms. The molecule has 2 heterocycles. The fraction of sp³-hybridized carbons (Fsp3) is 0. The van der Waals surface area contributed by atoms with Crippen LogP contribution in [0, 0.1) is 10.1 Å². The minimum atomic E-state index is -0.700. The standard InChI is InChI=1S/C14H9ClN6O5/c15-9-5-7(1-3-10(9)21(23)24)11-4-2-8(25-11)6-17-18-14(22)12-13(16)20-26-19-12/h1-6H,(H2,16,20)(H,18,22)/b17-6+. The molecule has 0 saturated heterocycles. The second kappa shape index (κ2) is 7.03. The first kappa shape index (κ1) is 17.1. The number of halogens is 1. The molecule has 11 nitrogen and oxygen atoms in total. The van der Waals surface area contributed by atoms with Gasteiger partial charge in [-0.1, -0.05) is 11.6 Å². The third-order valence-corrected chi connectivity index (χ3v) is 3.45. The van der Waals surface area contributed by atoms with Gasteiger partial charge in [0.15, 0.2) is 0 Å². The van der Waals surface area contributed by atoms with Crippen LogP contribution in [0.5, 0.6) is 0 Å². The number of carbonyl (C=O) groups excluding carboxylic acids is 1. The van der Waals surface area contributed by atoms with Gasteiger partial charge in [0.1, 0.15) is 16.5 Å². The van der Waals surface area contributed by atoms with Crippen LogP contribution in [0.3, 0.4) is 0 Å². The summed E-state index contributed by atoms with van der Waals surface area (Å²) < 4.78 is 9.83. The number of nitrogen functional groups attached to an aromatic ring is 1. The summed E-state index contributed by atoms with van der Waals surface area (Å²) >= 11 is 5.88. The summed E-state index contributed by atoms with van der Waals surface area (Å²) in [6.45, 7) is 0. The van der Waals surface area contributed by atoms with E-state index in [4.69, 9.17) is 21.8 Å². The van der Waals surface area contributed by atoms with Crippen molar-refractivity contribution in [1.82, 2.24) is 15.7 Å². The molecule has 0 fully saturated rings. The molecular formula is C14H9ClN6O5. The third kappa shape index (κ3) is 3.52. The molecule has 0 spiro atoms. The first-order valence-corrected chi connectivity index (χ1v) is 7.29. The van der Waals surface area contributed by atoms with Crippen molar-refractivity contribution >= 4 is 35.2 Å². The minimum absolute atomic E-state index is 0.00908. The van der Waals surface area contributed by atoms with Crippen LogP contribution in [0.1, 0.15) is 16.2 Å². The number of nitro groups is 1. The lowest BCUT2D eigenvalue weighted by Crippen LogP contribution is -2.19. The molecule has 0 atom stereocenters. The Kier molecular flexibility index (Phi) is 4.62. The van der Waals surface area contributed by atoms with Gasteiger partial charge < -0.3 is 10.2 Å². The van der Waals surface area contributed by atoms with Gasteiger partial charge in [-0.25, -0.2) is 10.1 Å². The summed E-state index contributed by atoms with van der Waals surface area (Å²) in [5.74, 6) is -0.123. The summed E-state index contributed by atoms with van der Waals surface area (Å²) in [4.78, 5) is 21.9. The monoisotopic (exact) mass is 376 g/mol. The summed E-state index contributed by atoms with van der Waals surface area (Å²) in [5, 5.41) is 21.1. The van der Waals surface area contributed by atoms with E-state index in [1.165, 1.54) is 24.4 Å². The Morgan fingerprint density at radius 1 is 1.35 bits per heavy atom. The van der Waals surface area contributed by atoms with Crippen LogP contribution in [-0.2, 0) is 0 Å². The topological polar surface area (TPSA) is 163 Å². The SMILES string of the molecule is Nc1nonc1C(=O)N/N=C/c1ccc(-c2ccc([N+](=O)[O-])c(Cl)c2)o1. The highest BCUT2D eigenvalue weighted by molar-refractivity contribution is 6.32. The molecule has 132 valence electrons. The zero-order valence-electron chi connectivity index (χ0n) is 12.7. The number of hydrazone groups is 1. The number of nitro benzene ring substituents is 1. The molecule has 0 aliphatic rings. The van der Waals surface area contributed by atoms with Gasteiger partial charge in [0.25, 0.3) is 11.6 Å². The summed E-state index contributed by atoms with van der Waals surface area (Å²) in [6, 6.07) is 7.42. The zero-order valence-corrected chi connectivity index (χ0v) is 13.5. The normalized spacial score (nSPS) is 11.0. The molecule has 0 unspecified atom stereocenters. The molecule has 2 aromatic heterocycles. The van der Waals surface area contributed by atoms with E-state index in [-0.39, 0.29) is 22.2 Å². The summed E-state index contributed by atoms with van der Waals surface area (Å²) in [5.41, 5.74) is 7.72.